The molecule has 1 aromatic carbocycles. The summed E-state index contributed by atoms with van der Waals surface area (Å²) >= 11 is 0. The van der Waals surface area contributed by atoms with E-state index in [9.17, 15) is 4.79 Å². The lowest BCUT2D eigenvalue weighted by Gasteiger charge is -2.13. The molecule has 6 heteroatoms. The van der Waals surface area contributed by atoms with Crippen LogP contribution in [0.3, 0.4) is 0 Å². The third kappa shape index (κ3) is 3.81. The fraction of sp³-hybridized carbons (Fsp3) is 0.357. The lowest BCUT2D eigenvalue weighted by atomic mass is 10.0. The zero-order valence-corrected chi connectivity index (χ0v) is 11.6. The molecule has 0 spiro atoms. The van der Waals surface area contributed by atoms with Gasteiger partial charge in [0.25, 0.3) is 5.91 Å². The van der Waals surface area contributed by atoms with Crippen LogP contribution in [0.4, 0.5) is 0 Å². The summed E-state index contributed by atoms with van der Waals surface area (Å²) in [6.07, 6.45) is 1.40. The van der Waals surface area contributed by atoms with Crippen molar-refractivity contribution < 1.29 is 9.53 Å². The van der Waals surface area contributed by atoms with E-state index in [1.54, 1.807) is 0 Å². The summed E-state index contributed by atoms with van der Waals surface area (Å²) in [5, 5.41) is 9.09. The van der Waals surface area contributed by atoms with E-state index in [4.69, 9.17) is 4.74 Å². The number of carbonyl (C=O) groups is 1. The number of amides is 1. The number of para-hydroxylation sites is 1. The zero-order valence-electron chi connectivity index (χ0n) is 11.6. The van der Waals surface area contributed by atoms with Gasteiger partial charge < -0.3 is 10.1 Å². The second-order valence-electron chi connectivity index (χ2n) is 4.69. The molecule has 0 unspecified atom stereocenters. The number of benzene rings is 1. The highest BCUT2D eigenvalue weighted by atomic mass is 16.5. The molecule has 106 valence electrons. The molecule has 20 heavy (non-hydrogen) atoms. The van der Waals surface area contributed by atoms with Crippen LogP contribution in [-0.2, 0) is 11.3 Å². The summed E-state index contributed by atoms with van der Waals surface area (Å²) < 4.78 is 5.57. The van der Waals surface area contributed by atoms with Gasteiger partial charge in [-0.2, -0.15) is 5.10 Å². The van der Waals surface area contributed by atoms with Crippen LogP contribution < -0.4 is 10.1 Å². The molecule has 0 aliphatic heterocycles. The molecular formula is C14H18N4O2. The minimum atomic E-state index is -0.194. The van der Waals surface area contributed by atoms with Crippen molar-refractivity contribution in [1.29, 1.82) is 0 Å². The van der Waals surface area contributed by atoms with Crippen LogP contribution in [0.25, 0.3) is 0 Å². The third-order valence-electron chi connectivity index (χ3n) is 2.82. The second-order valence-corrected chi connectivity index (χ2v) is 4.69. The van der Waals surface area contributed by atoms with Gasteiger partial charge in [-0.3, -0.25) is 9.89 Å². The Morgan fingerprint density at radius 2 is 2.20 bits per heavy atom. The molecule has 0 saturated heterocycles. The van der Waals surface area contributed by atoms with E-state index in [1.807, 2.05) is 24.3 Å². The van der Waals surface area contributed by atoms with Crippen molar-refractivity contribution in [2.45, 2.75) is 26.3 Å². The number of H-pyrrole nitrogens is 1. The molecule has 0 atom stereocenters. The molecule has 2 aromatic rings. The van der Waals surface area contributed by atoms with Gasteiger partial charge in [0, 0.05) is 0 Å². The van der Waals surface area contributed by atoms with E-state index in [0.29, 0.717) is 18.3 Å². The van der Waals surface area contributed by atoms with Gasteiger partial charge >= 0.3 is 0 Å². The van der Waals surface area contributed by atoms with Crippen LogP contribution in [0, 0.1) is 0 Å². The first-order valence-electron chi connectivity index (χ1n) is 6.49. The molecule has 0 saturated carbocycles. The highest BCUT2D eigenvalue weighted by Crippen LogP contribution is 2.25. The number of hydrogen-bond acceptors (Lipinski definition) is 4. The SMILES string of the molecule is CC(C)c1ccccc1OCC(=O)NCc1ncn[nH]1. The smallest absolute Gasteiger partial charge is 0.258 e. The highest BCUT2D eigenvalue weighted by Gasteiger charge is 2.09. The third-order valence-corrected chi connectivity index (χ3v) is 2.82. The Bertz CT molecular complexity index is 552. The quantitative estimate of drug-likeness (QED) is 0.839. The molecule has 0 radical (unpaired) electrons. The van der Waals surface area contributed by atoms with E-state index < -0.39 is 0 Å². The Labute approximate surface area is 117 Å². The van der Waals surface area contributed by atoms with Crippen molar-refractivity contribution in [3.8, 4) is 5.75 Å². The number of nitrogens with one attached hydrogen (secondary N) is 2. The van der Waals surface area contributed by atoms with Gasteiger partial charge in [-0.05, 0) is 17.5 Å². The predicted molar refractivity (Wildman–Crippen MR) is 74.3 cm³/mol. The van der Waals surface area contributed by atoms with E-state index >= 15 is 0 Å². The summed E-state index contributed by atoms with van der Waals surface area (Å²) in [5.74, 6) is 1.52. The number of carbonyl (C=O) groups excluding carboxylic acids is 1. The average molecular weight is 274 g/mol. The van der Waals surface area contributed by atoms with Gasteiger partial charge in [0.05, 0.1) is 6.54 Å². The summed E-state index contributed by atoms with van der Waals surface area (Å²) in [6.45, 7) is 4.48. The average Bonchev–Trinajstić information content (AvgIpc) is 2.96. The lowest BCUT2D eigenvalue weighted by Crippen LogP contribution is -2.29. The largest absolute Gasteiger partial charge is 0.483 e. The molecule has 1 amide bonds. The minimum Gasteiger partial charge on any atom is -0.483 e. The summed E-state index contributed by atoms with van der Waals surface area (Å²) in [4.78, 5) is 15.6. The van der Waals surface area contributed by atoms with Gasteiger partial charge in [-0.1, -0.05) is 32.0 Å². The highest BCUT2D eigenvalue weighted by molar-refractivity contribution is 5.77. The first-order valence-corrected chi connectivity index (χ1v) is 6.49. The van der Waals surface area contributed by atoms with E-state index in [-0.39, 0.29) is 12.5 Å². The van der Waals surface area contributed by atoms with Crippen molar-refractivity contribution in [3.05, 3.63) is 42.0 Å². The fourth-order valence-corrected chi connectivity index (χ4v) is 1.78. The van der Waals surface area contributed by atoms with Crippen LogP contribution in [0.1, 0.15) is 31.2 Å². The first-order chi connectivity index (χ1) is 9.66. The zero-order chi connectivity index (χ0) is 14.4. The Hall–Kier alpha value is -2.37. The number of hydrogen-bond donors (Lipinski definition) is 2. The van der Waals surface area contributed by atoms with Crippen LogP contribution >= 0.6 is 0 Å². The summed E-state index contributed by atoms with van der Waals surface area (Å²) in [5.41, 5.74) is 1.09. The van der Waals surface area contributed by atoms with Crippen LogP contribution in [0.5, 0.6) is 5.75 Å². The van der Waals surface area contributed by atoms with Crippen LogP contribution in [0.15, 0.2) is 30.6 Å². The lowest BCUT2D eigenvalue weighted by molar-refractivity contribution is -0.123. The number of rotatable bonds is 6. The van der Waals surface area contributed by atoms with Gasteiger partial charge in [0.2, 0.25) is 0 Å². The summed E-state index contributed by atoms with van der Waals surface area (Å²) in [7, 11) is 0. The van der Waals surface area contributed by atoms with Crippen molar-refractivity contribution in [1.82, 2.24) is 20.5 Å². The number of aromatic amines is 1. The van der Waals surface area contributed by atoms with Crippen molar-refractivity contribution in [2.24, 2.45) is 0 Å². The van der Waals surface area contributed by atoms with Gasteiger partial charge in [0.15, 0.2) is 6.61 Å². The van der Waals surface area contributed by atoms with Crippen molar-refractivity contribution in [3.63, 3.8) is 0 Å². The standard InChI is InChI=1S/C14H18N4O2/c1-10(2)11-5-3-4-6-12(11)20-8-14(19)15-7-13-16-9-17-18-13/h3-6,9-10H,7-8H2,1-2H3,(H,15,19)(H,16,17,18). The Balaban J connectivity index is 1.84. The van der Waals surface area contributed by atoms with Crippen molar-refractivity contribution >= 4 is 5.91 Å². The summed E-state index contributed by atoms with van der Waals surface area (Å²) in [6, 6.07) is 7.74. The maximum atomic E-state index is 11.7. The van der Waals surface area contributed by atoms with E-state index in [0.717, 1.165) is 11.3 Å². The monoisotopic (exact) mass is 274 g/mol. The first kappa shape index (κ1) is 14.0. The maximum Gasteiger partial charge on any atom is 0.258 e. The van der Waals surface area contributed by atoms with E-state index in [2.05, 4.69) is 34.3 Å². The molecule has 0 bridgehead atoms. The fourth-order valence-electron chi connectivity index (χ4n) is 1.78. The van der Waals surface area contributed by atoms with Crippen molar-refractivity contribution in [2.75, 3.05) is 6.61 Å². The van der Waals surface area contributed by atoms with Gasteiger partial charge in [-0.15, -0.1) is 0 Å². The topological polar surface area (TPSA) is 79.9 Å². The Morgan fingerprint density at radius 3 is 2.90 bits per heavy atom. The predicted octanol–water partition coefficient (Wildman–Crippen LogP) is 1.62. The number of ether oxygens (including phenoxy) is 1. The normalized spacial score (nSPS) is 10.6. The van der Waals surface area contributed by atoms with Gasteiger partial charge in [-0.25, -0.2) is 4.98 Å². The molecule has 0 aliphatic rings. The van der Waals surface area contributed by atoms with Gasteiger partial charge in [0.1, 0.15) is 17.9 Å². The molecular weight excluding hydrogens is 256 g/mol. The number of aromatic nitrogens is 3. The molecule has 2 rings (SSSR count). The molecule has 6 nitrogen and oxygen atoms in total. The molecule has 0 fully saturated rings. The molecule has 2 N–H and O–H groups in total. The van der Waals surface area contributed by atoms with E-state index in [1.165, 1.54) is 6.33 Å². The number of nitrogens with zero attached hydrogens (tertiary/aromatic N) is 2. The van der Waals surface area contributed by atoms with Crippen LogP contribution in [0.2, 0.25) is 0 Å². The molecule has 0 aliphatic carbocycles. The second kappa shape index (κ2) is 6.70. The minimum absolute atomic E-state index is 0.0160. The van der Waals surface area contributed by atoms with Crippen LogP contribution in [-0.4, -0.2) is 27.7 Å². The Morgan fingerprint density at radius 1 is 1.40 bits per heavy atom. The Kier molecular flexibility index (Phi) is 4.70. The molecule has 1 aromatic heterocycles. The molecule has 1 heterocycles. The maximum absolute atomic E-state index is 11.7.